The summed E-state index contributed by atoms with van der Waals surface area (Å²) in [6.45, 7) is 7.10. The minimum Gasteiger partial charge on any atom is -0.487 e. The molecule has 1 atom stereocenters. The van der Waals surface area contributed by atoms with Crippen LogP contribution in [0.5, 0.6) is 11.5 Å². The van der Waals surface area contributed by atoms with Gasteiger partial charge in [-0.2, -0.15) is 0 Å². The number of ketones is 1. The first-order chi connectivity index (χ1) is 16.5. The predicted molar refractivity (Wildman–Crippen MR) is 132 cm³/mol. The molecule has 0 aliphatic heterocycles. The smallest absolute Gasteiger partial charge is 0.205 e. The van der Waals surface area contributed by atoms with Crippen molar-refractivity contribution in [2.24, 2.45) is 0 Å². The molecule has 182 valence electrons. The van der Waals surface area contributed by atoms with Crippen LogP contribution in [0.2, 0.25) is 0 Å². The molecule has 0 amide bonds. The van der Waals surface area contributed by atoms with Gasteiger partial charge in [-0.1, -0.05) is 31.9 Å². The minimum absolute atomic E-state index is 0.0658. The van der Waals surface area contributed by atoms with Gasteiger partial charge in [-0.25, -0.2) is 4.39 Å². The number of carbonyl (C=O) groups is 1. The lowest BCUT2D eigenvalue weighted by Crippen LogP contribution is -2.30. The first-order valence-electron chi connectivity index (χ1n) is 12.2. The SMILES string of the molecule is CC(=O)c1c(OCCNC2CCCC2)c(OCCC(C)c2ccc(F)cc2)c2occc2c1C. The number of aryl methyl sites for hydroxylation is 1. The van der Waals surface area contributed by atoms with Crippen molar-refractivity contribution in [1.82, 2.24) is 5.32 Å². The highest BCUT2D eigenvalue weighted by molar-refractivity contribution is 6.05. The van der Waals surface area contributed by atoms with Crippen molar-refractivity contribution in [3.8, 4) is 11.5 Å². The molecule has 4 rings (SSSR count). The second-order valence-electron chi connectivity index (χ2n) is 9.25. The zero-order valence-electron chi connectivity index (χ0n) is 20.3. The Kier molecular flexibility index (Phi) is 7.88. The highest BCUT2D eigenvalue weighted by atomic mass is 19.1. The van der Waals surface area contributed by atoms with Crippen LogP contribution < -0.4 is 14.8 Å². The molecular formula is C28H34FNO4. The average Bonchev–Trinajstić information content (AvgIpc) is 3.51. The Morgan fingerprint density at radius 1 is 1.12 bits per heavy atom. The van der Waals surface area contributed by atoms with Crippen molar-refractivity contribution in [3.05, 3.63) is 59.1 Å². The zero-order chi connectivity index (χ0) is 24.1. The van der Waals surface area contributed by atoms with Crippen LogP contribution in [0, 0.1) is 12.7 Å². The van der Waals surface area contributed by atoms with Crippen LogP contribution in [0.1, 0.15) is 73.4 Å². The molecular weight excluding hydrogens is 433 g/mol. The van der Waals surface area contributed by atoms with E-state index in [0.717, 1.165) is 22.9 Å². The lowest BCUT2D eigenvalue weighted by molar-refractivity contribution is 0.101. The maximum Gasteiger partial charge on any atom is 0.205 e. The molecule has 1 fully saturated rings. The lowest BCUT2D eigenvalue weighted by atomic mass is 9.98. The molecule has 34 heavy (non-hydrogen) atoms. The molecule has 0 saturated heterocycles. The van der Waals surface area contributed by atoms with Crippen molar-refractivity contribution < 1.29 is 23.1 Å². The molecule has 1 aromatic heterocycles. The van der Waals surface area contributed by atoms with Gasteiger partial charge in [-0.05, 0) is 68.4 Å². The number of fused-ring (bicyclic) bond motifs is 1. The summed E-state index contributed by atoms with van der Waals surface area (Å²) in [6.07, 6.45) is 7.29. The third-order valence-corrected chi connectivity index (χ3v) is 6.81. The van der Waals surface area contributed by atoms with E-state index in [-0.39, 0.29) is 17.5 Å². The fourth-order valence-corrected chi connectivity index (χ4v) is 4.84. The number of nitrogens with one attached hydrogen (secondary N) is 1. The fraction of sp³-hybridized carbons (Fsp3) is 0.464. The van der Waals surface area contributed by atoms with E-state index in [4.69, 9.17) is 13.9 Å². The van der Waals surface area contributed by atoms with Gasteiger partial charge in [0, 0.05) is 18.0 Å². The Labute approximate surface area is 200 Å². The normalized spacial score (nSPS) is 15.1. The number of hydrogen-bond acceptors (Lipinski definition) is 5. The molecule has 1 N–H and O–H groups in total. The molecule has 1 saturated carbocycles. The largest absolute Gasteiger partial charge is 0.487 e. The maximum atomic E-state index is 13.3. The van der Waals surface area contributed by atoms with Gasteiger partial charge in [0.05, 0.1) is 18.4 Å². The summed E-state index contributed by atoms with van der Waals surface area (Å²) in [5, 5.41) is 4.40. The van der Waals surface area contributed by atoms with E-state index in [0.29, 0.717) is 48.4 Å². The highest BCUT2D eigenvalue weighted by Crippen LogP contribution is 2.43. The molecule has 0 bridgehead atoms. The van der Waals surface area contributed by atoms with Crippen LogP contribution in [-0.4, -0.2) is 31.6 Å². The Bertz CT molecular complexity index is 1120. The third-order valence-electron chi connectivity index (χ3n) is 6.81. The van der Waals surface area contributed by atoms with Crippen LogP contribution in [0.25, 0.3) is 11.0 Å². The van der Waals surface area contributed by atoms with Gasteiger partial charge in [-0.15, -0.1) is 0 Å². The van der Waals surface area contributed by atoms with Gasteiger partial charge in [0.15, 0.2) is 17.1 Å². The number of benzene rings is 2. The van der Waals surface area contributed by atoms with E-state index in [1.165, 1.54) is 37.8 Å². The van der Waals surface area contributed by atoms with Crippen LogP contribution >= 0.6 is 0 Å². The number of ether oxygens (including phenoxy) is 2. The number of halogens is 1. The molecule has 3 aromatic rings. The summed E-state index contributed by atoms with van der Waals surface area (Å²) >= 11 is 0. The van der Waals surface area contributed by atoms with Gasteiger partial charge < -0.3 is 19.2 Å². The molecule has 1 aliphatic rings. The van der Waals surface area contributed by atoms with Gasteiger partial charge in [-0.3, -0.25) is 4.79 Å². The molecule has 2 aromatic carbocycles. The number of Topliss-reactive ketones (excluding diaryl/α,β-unsaturated/α-hetero) is 1. The summed E-state index contributed by atoms with van der Waals surface area (Å²) in [5.74, 6) is 0.806. The first kappa shape index (κ1) is 24.3. The summed E-state index contributed by atoms with van der Waals surface area (Å²) in [4.78, 5) is 12.6. The monoisotopic (exact) mass is 467 g/mol. The van der Waals surface area contributed by atoms with E-state index < -0.39 is 0 Å². The maximum absolute atomic E-state index is 13.3. The first-order valence-corrected chi connectivity index (χ1v) is 12.2. The van der Waals surface area contributed by atoms with Crippen LogP contribution in [0.3, 0.4) is 0 Å². The van der Waals surface area contributed by atoms with Gasteiger partial charge >= 0.3 is 0 Å². The molecule has 1 unspecified atom stereocenters. The Balaban J connectivity index is 1.52. The summed E-state index contributed by atoms with van der Waals surface area (Å²) in [7, 11) is 0. The van der Waals surface area contributed by atoms with Crippen LogP contribution in [0.4, 0.5) is 4.39 Å². The van der Waals surface area contributed by atoms with Gasteiger partial charge in [0.25, 0.3) is 0 Å². The van der Waals surface area contributed by atoms with Crippen molar-refractivity contribution in [3.63, 3.8) is 0 Å². The highest BCUT2D eigenvalue weighted by Gasteiger charge is 2.25. The standard InChI is InChI=1S/C28H34FNO4/c1-18(21-8-10-22(29)11-9-21)12-15-33-28-26-24(13-16-32-26)19(2)25(20(3)31)27(28)34-17-14-30-23-6-4-5-7-23/h8-11,13,16,18,23,30H,4-7,12,14-15,17H2,1-3H3. The van der Waals surface area contributed by atoms with E-state index in [9.17, 15) is 9.18 Å². The molecule has 5 nitrogen and oxygen atoms in total. The van der Waals surface area contributed by atoms with Crippen molar-refractivity contribution in [1.29, 1.82) is 0 Å². The van der Waals surface area contributed by atoms with Crippen molar-refractivity contribution in [2.75, 3.05) is 19.8 Å². The quantitative estimate of drug-likeness (QED) is 0.255. The molecule has 0 spiro atoms. The van der Waals surface area contributed by atoms with E-state index in [1.54, 1.807) is 25.3 Å². The molecule has 1 heterocycles. The summed E-state index contributed by atoms with van der Waals surface area (Å²) < 4.78 is 31.5. The van der Waals surface area contributed by atoms with Gasteiger partial charge in [0.2, 0.25) is 5.75 Å². The number of furan rings is 1. The molecule has 6 heteroatoms. The van der Waals surface area contributed by atoms with E-state index in [1.807, 2.05) is 13.0 Å². The van der Waals surface area contributed by atoms with Crippen molar-refractivity contribution in [2.45, 2.75) is 64.8 Å². The summed E-state index contributed by atoms with van der Waals surface area (Å²) in [5.41, 5.74) is 3.02. The second kappa shape index (κ2) is 11.0. The van der Waals surface area contributed by atoms with Gasteiger partial charge in [0.1, 0.15) is 12.4 Å². The second-order valence-corrected chi connectivity index (χ2v) is 9.25. The minimum atomic E-state index is -0.243. The third kappa shape index (κ3) is 5.44. The topological polar surface area (TPSA) is 60.7 Å². The van der Waals surface area contributed by atoms with E-state index in [2.05, 4.69) is 12.2 Å². The Morgan fingerprint density at radius 2 is 1.82 bits per heavy atom. The molecule has 0 radical (unpaired) electrons. The molecule has 1 aliphatic carbocycles. The fourth-order valence-electron chi connectivity index (χ4n) is 4.84. The van der Waals surface area contributed by atoms with Crippen molar-refractivity contribution >= 4 is 16.8 Å². The predicted octanol–water partition coefficient (Wildman–Crippen LogP) is 6.57. The number of rotatable bonds is 11. The van der Waals surface area contributed by atoms with E-state index >= 15 is 0 Å². The zero-order valence-corrected chi connectivity index (χ0v) is 20.3. The van der Waals surface area contributed by atoms with Crippen LogP contribution in [0.15, 0.2) is 41.0 Å². The van der Waals surface area contributed by atoms with Crippen LogP contribution in [-0.2, 0) is 0 Å². The summed E-state index contributed by atoms with van der Waals surface area (Å²) in [6, 6.07) is 8.96. The number of hydrogen-bond donors (Lipinski definition) is 1. The Morgan fingerprint density at radius 3 is 2.53 bits per heavy atom. The number of carbonyl (C=O) groups excluding carboxylic acids is 1. The lowest BCUT2D eigenvalue weighted by Gasteiger charge is -2.20. The average molecular weight is 468 g/mol. The Hall–Kier alpha value is -2.86.